The molecule has 1 amide bonds. The van der Waals surface area contributed by atoms with Crippen molar-refractivity contribution in [1.29, 1.82) is 0 Å². The number of rotatable bonds is 6. The number of thiazole rings is 1. The lowest BCUT2D eigenvalue weighted by Gasteiger charge is -2.16. The van der Waals surface area contributed by atoms with Crippen LogP contribution in [0.3, 0.4) is 0 Å². The highest BCUT2D eigenvalue weighted by molar-refractivity contribution is 7.22. The predicted molar refractivity (Wildman–Crippen MR) is 105 cm³/mol. The molecule has 0 saturated heterocycles. The van der Waals surface area contributed by atoms with Crippen LogP contribution in [0, 0.1) is 5.92 Å². The van der Waals surface area contributed by atoms with Crippen molar-refractivity contribution in [3.05, 3.63) is 42.2 Å². The third-order valence-electron chi connectivity index (χ3n) is 4.14. The van der Waals surface area contributed by atoms with E-state index in [1.165, 1.54) is 0 Å². The van der Waals surface area contributed by atoms with E-state index >= 15 is 0 Å². The van der Waals surface area contributed by atoms with Gasteiger partial charge in [-0.3, -0.25) is 9.78 Å². The molecule has 0 saturated carbocycles. The van der Waals surface area contributed by atoms with Gasteiger partial charge in [0.25, 0.3) is 5.91 Å². The number of carbonyl (C=O) groups excluding carboxylic acids is 1. The number of hydrogen-bond donors (Lipinski definition) is 2. The average Bonchev–Trinajstić information content (AvgIpc) is 3.02. The minimum absolute atomic E-state index is 0.247. The Balaban J connectivity index is 1.80. The second-order valence-corrected chi connectivity index (χ2v) is 7.41. The molecule has 1 atom stereocenters. The third-order valence-corrected chi connectivity index (χ3v) is 5.09. The first-order valence-corrected chi connectivity index (χ1v) is 9.31. The van der Waals surface area contributed by atoms with Crippen molar-refractivity contribution in [2.24, 2.45) is 5.92 Å². The van der Waals surface area contributed by atoms with Gasteiger partial charge in [-0.1, -0.05) is 25.2 Å². The number of carbonyl (C=O) groups is 1. The van der Waals surface area contributed by atoms with E-state index in [-0.39, 0.29) is 5.91 Å². The lowest BCUT2D eigenvalue weighted by atomic mass is 10.1. The average molecular weight is 370 g/mol. The van der Waals surface area contributed by atoms with Gasteiger partial charge in [0, 0.05) is 31.4 Å². The third kappa shape index (κ3) is 4.11. The maximum absolute atomic E-state index is 11.7. The summed E-state index contributed by atoms with van der Waals surface area (Å²) in [5.74, 6) is 1.54. The van der Waals surface area contributed by atoms with E-state index in [4.69, 9.17) is 4.74 Å². The van der Waals surface area contributed by atoms with E-state index in [0.717, 1.165) is 15.3 Å². The molecule has 26 heavy (non-hydrogen) atoms. The van der Waals surface area contributed by atoms with Crippen LogP contribution in [0.5, 0.6) is 11.5 Å². The molecule has 2 heterocycles. The molecule has 0 aliphatic rings. The van der Waals surface area contributed by atoms with Crippen LogP contribution in [-0.2, 0) is 0 Å². The Morgan fingerprint density at radius 3 is 2.65 bits per heavy atom. The molecule has 1 aromatic carbocycles. The molecule has 0 aliphatic heterocycles. The summed E-state index contributed by atoms with van der Waals surface area (Å²) in [5.41, 5.74) is 1.25. The van der Waals surface area contributed by atoms with Gasteiger partial charge in [-0.05, 0) is 31.0 Å². The molecular formula is C19H22N4O2S. The molecule has 3 rings (SSSR count). The van der Waals surface area contributed by atoms with Crippen LogP contribution in [-0.4, -0.2) is 29.0 Å². The second-order valence-electron chi connectivity index (χ2n) is 6.38. The molecule has 0 bridgehead atoms. The van der Waals surface area contributed by atoms with Crippen molar-refractivity contribution in [3.63, 3.8) is 0 Å². The highest BCUT2D eigenvalue weighted by Gasteiger charge is 2.11. The van der Waals surface area contributed by atoms with E-state index in [1.54, 1.807) is 36.7 Å². The van der Waals surface area contributed by atoms with Crippen molar-refractivity contribution in [1.82, 2.24) is 15.3 Å². The van der Waals surface area contributed by atoms with E-state index in [9.17, 15) is 4.79 Å². The number of pyridine rings is 1. The van der Waals surface area contributed by atoms with Gasteiger partial charge in [0.2, 0.25) is 0 Å². The van der Waals surface area contributed by atoms with E-state index in [2.05, 4.69) is 41.4 Å². The Hall–Kier alpha value is -2.67. The summed E-state index contributed by atoms with van der Waals surface area (Å²) < 4.78 is 6.93. The summed E-state index contributed by atoms with van der Waals surface area (Å²) in [6.45, 7) is 6.51. The van der Waals surface area contributed by atoms with Gasteiger partial charge in [-0.2, -0.15) is 0 Å². The lowest BCUT2D eigenvalue weighted by molar-refractivity contribution is 0.0958. The molecular weight excluding hydrogens is 348 g/mol. The maximum atomic E-state index is 11.7. The molecule has 2 N–H and O–H groups in total. The predicted octanol–water partition coefficient (Wildman–Crippen LogP) is 4.30. The molecule has 7 heteroatoms. The minimum atomic E-state index is -0.247. The standard InChI is InChI=1S/C19H22N4O2S/c1-11(2)12(3)22-19-23-15-6-5-13(10-17(15)26-19)25-14-7-8-21-16(9-14)18(24)20-4/h5-12H,1-4H3,(H,20,24)(H,22,23)/t12-/m0/s1. The largest absolute Gasteiger partial charge is 0.457 e. The fourth-order valence-corrected chi connectivity index (χ4v) is 3.25. The number of anilines is 1. The van der Waals surface area contributed by atoms with E-state index < -0.39 is 0 Å². The molecule has 0 aliphatic carbocycles. The number of nitrogens with zero attached hydrogens (tertiary/aromatic N) is 2. The number of benzene rings is 1. The molecule has 3 aromatic rings. The first-order chi connectivity index (χ1) is 12.5. The smallest absolute Gasteiger partial charge is 0.269 e. The summed E-state index contributed by atoms with van der Waals surface area (Å²) >= 11 is 1.60. The van der Waals surface area contributed by atoms with Crippen LogP contribution in [0.1, 0.15) is 31.3 Å². The zero-order valence-corrected chi connectivity index (χ0v) is 16.1. The summed E-state index contributed by atoms with van der Waals surface area (Å²) in [6.07, 6.45) is 1.56. The highest BCUT2D eigenvalue weighted by atomic mass is 32.1. The Kier molecular flexibility index (Phi) is 5.37. The number of ether oxygens (including phenoxy) is 1. The van der Waals surface area contributed by atoms with Crippen molar-refractivity contribution < 1.29 is 9.53 Å². The first-order valence-electron chi connectivity index (χ1n) is 8.49. The normalized spacial score (nSPS) is 12.2. The van der Waals surface area contributed by atoms with Crippen LogP contribution in [0.2, 0.25) is 0 Å². The van der Waals surface area contributed by atoms with Crippen LogP contribution in [0.15, 0.2) is 36.5 Å². The summed E-state index contributed by atoms with van der Waals surface area (Å²) in [7, 11) is 1.57. The monoisotopic (exact) mass is 370 g/mol. The number of fused-ring (bicyclic) bond motifs is 1. The summed E-state index contributed by atoms with van der Waals surface area (Å²) in [6, 6.07) is 9.46. The van der Waals surface area contributed by atoms with Crippen molar-refractivity contribution in [2.75, 3.05) is 12.4 Å². The number of nitrogens with one attached hydrogen (secondary N) is 2. The lowest BCUT2D eigenvalue weighted by Crippen LogP contribution is -2.21. The van der Waals surface area contributed by atoms with Gasteiger partial charge < -0.3 is 15.4 Å². The minimum Gasteiger partial charge on any atom is -0.457 e. The van der Waals surface area contributed by atoms with Crippen molar-refractivity contribution in [3.8, 4) is 11.5 Å². The number of aromatic nitrogens is 2. The molecule has 136 valence electrons. The SMILES string of the molecule is CNC(=O)c1cc(Oc2ccc3nc(N[C@@H](C)C(C)C)sc3c2)ccn1. The summed E-state index contributed by atoms with van der Waals surface area (Å²) in [5, 5.41) is 6.90. The van der Waals surface area contributed by atoms with Crippen LogP contribution in [0.25, 0.3) is 10.2 Å². The van der Waals surface area contributed by atoms with E-state index in [1.807, 2.05) is 18.2 Å². The Morgan fingerprint density at radius 2 is 1.92 bits per heavy atom. The fourth-order valence-electron chi connectivity index (χ4n) is 2.25. The van der Waals surface area contributed by atoms with Gasteiger partial charge in [0.1, 0.15) is 17.2 Å². The van der Waals surface area contributed by atoms with Gasteiger partial charge in [-0.25, -0.2) is 4.98 Å². The second kappa shape index (κ2) is 7.70. The highest BCUT2D eigenvalue weighted by Crippen LogP contribution is 2.32. The zero-order chi connectivity index (χ0) is 18.7. The van der Waals surface area contributed by atoms with Crippen LogP contribution < -0.4 is 15.4 Å². The Labute approximate surface area is 156 Å². The fraction of sp³-hybridized carbons (Fsp3) is 0.316. The van der Waals surface area contributed by atoms with E-state index in [0.29, 0.717) is 29.2 Å². The van der Waals surface area contributed by atoms with Gasteiger partial charge in [0.05, 0.1) is 10.2 Å². The maximum Gasteiger partial charge on any atom is 0.269 e. The topological polar surface area (TPSA) is 76.1 Å². The summed E-state index contributed by atoms with van der Waals surface area (Å²) in [4.78, 5) is 20.3. The molecule has 2 aromatic heterocycles. The van der Waals surface area contributed by atoms with Gasteiger partial charge in [-0.15, -0.1) is 0 Å². The van der Waals surface area contributed by atoms with Crippen LogP contribution in [0.4, 0.5) is 5.13 Å². The Bertz CT molecular complexity index is 923. The van der Waals surface area contributed by atoms with Gasteiger partial charge in [0.15, 0.2) is 5.13 Å². The molecule has 0 unspecified atom stereocenters. The van der Waals surface area contributed by atoms with Gasteiger partial charge >= 0.3 is 0 Å². The zero-order valence-electron chi connectivity index (χ0n) is 15.2. The first kappa shape index (κ1) is 18.1. The van der Waals surface area contributed by atoms with Crippen molar-refractivity contribution >= 4 is 32.6 Å². The molecule has 0 spiro atoms. The van der Waals surface area contributed by atoms with Crippen molar-refractivity contribution in [2.45, 2.75) is 26.8 Å². The number of hydrogen-bond acceptors (Lipinski definition) is 6. The number of amides is 1. The quantitative estimate of drug-likeness (QED) is 0.676. The van der Waals surface area contributed by atoms with Crippen LogP contribution >= 0.6 is 11.3 Å². The molecule has 6 nitrogen and oxygen atoms in total. The molecule has 0 fully saturated rings. The molecule has 0 radical (unpaired) electrons. The Morgan fingerprint density at radius 1 is 1.15 bits per heavy atom.